The number of unbranched alkanes of at least 4 members (excludes halogenated alkanes) is 1. The maximum atomic E-state index is 12.0. The highest BCUT2D eigenvalue weighted by Crippen LogP contribution is 2.13. The van der Waals surface area contributed by atoms with Crippen molar-refractivity contribution < 1.29 is 31.6 Å². The van der Waals surface area contributed by atoms with E-state index < -0.39 is 0 Å². The number of esters is 1. The summed E-state index contributed by atoms with van der Waals surface area (Å²) in [7, 11) is 0. The quantitative estimate of drug-likeness (QED) is 0.481. The third kappa shape index (κ3) is 8.10. The summed E-state index contributed by atoms with van der Waals surface area (Å²) in [5.41, 5.74) is 0.594. The molecule has 0 saturated carbocycles. The van der Waals surface area contributed by atoms with Gasteiger partial charge in [-0.3, -0.25) is 0 Å². The smallest absolute Gasteiger partial charge is 0.338 e. The summed E-state index contributed by atoms with van der Waals surface area (Å²) in [5.74, 6) is 1.45. The topological polar surface area (TPSA) is 40.0 Å². The predicted molar refractivity (Wildman–Crippen MR) is 95.7 cm³/mol. The molecule has 1 saturated heterocycles. The van der Waals surface area contributed by atoms with E-state index in [1.54, 1.807) is 17.0 Å². The highest BCUT2D eigenvalue weighted by molar-refractivity contribution is 5.89. The van der Waals surface area contributed by atoms with Crippen LogP contribution in [-0.2, 0) is 4.74 Å². The van der Waals surface area contributed by atoms with E-state index in [-0.39, 0.29) is 18.4 Å². The number of halogens is 1. The van der Waals surface area contributed by atoms with Crippen molar-refractivity contribution in [2.45, 2.75) is 46.0 Å². The second kappa shape index (κ2) is 12.2. The molecule has 1 fully saturated rings. The third-order valence-corrected chi connectivity index (χ3v) is 4.75. The van der Waals surface area contributed by atoms with Gasteiger partial charge in [0.15, 0.2) is 0 Å². The Kier molecular flexibility index (Phi) is 10.6. The minimum Gasteiger partial charge on any atom is -1.00 e. The Morgan fingerprint density at radius 3 is 2.44 bits per heavy atom. The van der Waals surface area contributed by atoms with Gasteiger partial charge in [0, 0.05) is 6.42 Å². The second-order valence-corrected chi connectivity index (χ2v) is 6.90. The Hall–Kier alpha value is -1.26. The number of hydrogen-bond donors (Lipinski definition) is 1. The summed E-state index contributed by atoms with van der Waals surface area (Å²) in [5, 5.41) is 0. The maximum absolute atomic E-state index is 12.0. The molecule has 142 valence electrons. The molecule has 1 aromatic carbocycles. The van der Waals surface area contributed by atoms with E-state index in [0.29, 0.717) is 12.2 Å². The Labute approximate surface area is 158 Å². The van der Waals surface area contributed by atoms with E-state index in [4.69, 9.17) is 9.47 Å². The van der Waals surface area contributed by atoms with Crippen LogP contribution in [0.5, 0.6) is 5.75 Å². The van der Waals surface area contributed by atoms with Crippen molar-refractivity contribution >= 4 is 5.97 Å². The van der Waals surface area contributed by atoms with Gasteiger partial charge < -0.3 is 26.8 Å². The molecule has 0 aromatic heterocycles. The Morgan fingerprint density at radius 2 is 1.80 bits per heavy atom. The van der Waals surface area contributed by atoms with Crippen molar-refractivity contribution in [2.75, 3.05) is 32.8 Å². The standard InChI is InChI=1S/C20H31NO3.ClH/c1-3-4-15-23-19-8-6-18(7-9-19)20(22)24-16-5-12-21-13-10-17(2)11-14-21;/h6-9,17H,3-5,10-16H2,1-2H3;1H. The molecule has 0 radical (unpaired) electrons. The number of hydrogen-bond acceptors (Lipinski definition) is 3. The second-order valence-electron chi connectivity index (χ2n) is 6.90. The van der Waals surface area contributed by atoms with E-state index in [1.807, 2.05) is 12.1 Å². The number of ether oxygens (including phenoxy) is 2. The zero-order chi connectivity index (χ0) is 17.2. The molecule has 0 amide bonds. The zero-order valence-corrected chi connectivity index (χ0v) is 16.3. The first-order valence-electron chi connectivity index (χ1n) is 9.42. The van der Waals surface area contributed by atoms with E-state index in [9.17, 15) is 4.79 Å². The minimum atomic E-state index is -0.239. The number of piperidine rings is 1. The van der Waals surface area contributed by atoms with Crippen LogP contribution in [0.3, 0.4) is 0 Å². The molecule has 0 aliphatic carbocycles. The molecule has 4 nitrogen and oxygen atoms in total. The number of benzene rings is 1. The van der Waals surface area contributed by atoms with Gasteiger partial charge in [-0.1, -0.05) is 20.3 Å². The molecule has 5 heteroatoms. The monoisotopic (exact) mass is 369 g/mol. The maximum Gasteiger partial charge on any atom is 0.338 e. The molecular formula is C20H32ClNO3. The molecule has 25 heavy (non-hydrogen) atoms. The molecule has 2 rings (SSSR count). The number of likely N-dealkylation sites (tertiary alicyclic amines) is 1. The highest BCUT2D eigenvalue weighted by Gasteiger charge is 2.18. The summed E-state index contributed by atoms with van der Waals surface area (Å²) in [6.45, 7) is 9.31. The van der Waals surface area contributed by atoms with Gasteiger partial charge in [0.2, 0.25) is 0 Å². The van der Waals surface area contributed by atoms with Crippen LogP contribution < -0.4 is 22.0 Å². The van der Waals surface area contributed by atoms with Crippen LogP contribution in [0, 0.1) is 5.92 Å². The van der Waals surface area contributed by atoms with Crippen molar-refractivity contribution in [2.24, 2.45) is 5.92 Å². The van der Waals surface area contributed by atoms with Gasteiger partial charge >= 0.3 is 5.97 Å². The average Bonchev–Trinajstić information content (AvgIpc) is 2.61. The van der Waals surface area contributed by atoms with Crippen molar-refractivity contribution in [1.82, 2.24) is 0 Å². The molecule has 1 aliphatic rings. The molecule has 0 spiro atoms. The van der Waals surface area contributed by atoms with Gasteiger partial charge in [-0.25, -0.2) is 4.79 Å². The highest BCUT2D eigenvalue weighted by atomic mass is 35.5. The molecule has 1 N–H and O–H groups in total. The van der Waals surface area contributed by atoms with E-state index in [0.717, 1.165) is 44.1 Å². The third-order valence-electron chi connectivity index (χ3n) is 4.75. The SMILES string of the molecule is CCCCOc1ccc(C(=O)OCCC[NH+]2CCC(C)CC2)cc1.[Cl-]. The van der Waals surface area contributed by atoms with Crippen LogP contribution in [0.25, 0.3) is 0 Å². The summed E-state index contributed by atoms with van der Waals surface area (Å²) in [6.07, 6.45) is 5.74. The van der Waals surface area contributed by atoms with E-state index in [1.165, 1.54) is 25.9 Å². The lowest BCUT2D eigenvalue weighted by Crippen LogP contribution is -3.13. The fourth-order valence-electron chi connectivity index (χ4n) is 3.01. The summed E-state index contributed by atoms with van der Waals surface area (Å²) in [6, 6.07) is 7.23. The summed E-state index contributed by atoms with van der Waals surface area (Å²) in [4.78, 5) is 13.7. The Balaban J connectivity index is 0.00000312. The van der Waals surface area contributed by atoms with E-state index >= 15 is 0 Å². The van der Waals surface area contributed by atoms with Crippen molar-refractivity contribution in [3.8, 4) is 5.75 Å². The predicted octanol–water partition coefficient (Wildman–Crippen LogP) is -0.269. The summed E-state index contributed by atoms with van der Waals surface area (Å²) < 4.78 is 11.0. The van der Waals surface area contributed by atoms with Crippen molar-refractivity contribution in [3.63, 3.8) is 0 Å². The largest absolute Gasteiger partial charge is 1.00 e. The van der Waals surface area contributed by atoms with Crippen molar-refractivity contribution in [1.29, 1.82) is 0 Å². The lowest BCUT2D eigenvalue weighted by atomic mass is 9.99. The molecule has 0 atom stereocenters. The summed E-state index contributed by atoms with van der Waals surface area (Å²) >= 11 is 0. The number of carbonyl (C=O) groups excluding carboxylic acids is 1. The van der Waals surface area contributed by atoms with Gasteiger partial charge in [0.05, 0.1) is 38.4 Å². The Bertz CT molecular complexity index is 484. The molecule has 1 heterocycles. The number of rotatable bonds is 9. The first-order valence-corrected chi connectivity index (χ1v) is 9.42. The molecule has 0 unspecified atom stereocenters. The van der Waals surface area contributed by atoms with Crippen molar-refractivity contribution in [3.05, 3.63) is 29.8 Å². The number of quaternary nitrogens is 1. The fraction of sp³-hybridized carbons (Fsp3) is 0.650. The normalized spacial score (nSPS) is 19.8. The van der Waals surface area contributed by atoms with Crippen LogP contribution in [0.4, 0.5) is 0 Å². The van der Waals surface area contributed by atoms with Crippen LogP contribution >= 0.6 is 0 Å². The molecule has 1 aliphatic heterocycles. The van der Waals surface area contributed by atoms with Gasteiger partial charge in [0.25, 0.3) is 0 Å². The number of carbonyl (C=O) groups is 1. The van der Waals surface area contributed by atoms with Gasteiger partial charge in [-0.15, -0.1) is 0 Å². The Morgan fingerprint density at radius 1 is 1.12 bits per heavy atom. The van der Waals surface area contributed by atoms with Gasteiger partial charge in [0.1, 0.15) is 5.75 Å². The van der Waals surface area contributed by atoms with Crippen LogP contribution in [0.15, 0.2) is 24.3 Å². The minimum absolute atomic E-state index is 0. The first kappa shape index (κ1) is 21.8. The van der Waals surface area contributed by atoms with Crippen LogP contribution in [0.1, 0.15) is 56.3 Å². The van der Waals surface area contributed by atoms with E-state index in [2.05, 4.69) is 13.8 Å². The van der Waals surface area contributed by atoms with Crippen LogP contribution in [0.2, 0.25) is 0 Å². The number of nitrogens with one attached hydrogen (secondary N) is 1. The van der Waals surface area contributed by atoms with Gasteiger partial charge in [-0.05, 0) is 49.4 Å². The van der Waals surface area contributed by atoms with Crippen LogP contribution in [-0.4, -0.2) is 38.8 Å². The average molecular weight is 370 g/mol. The lowest BCUT2D eigenvalue weighted by molar-refractivity contribution is -0.906. The van der Waals surface area contributed by atoms with Gasteiger partial charge in [-0.2, -0.15) is 0 Å². The molecular weight excluding hydrogens is 338 g/mol. The first-order chi connectivity index (χ1) is 11.7. The molecule has 1 aromatic rings. The zero-order valence-electron chi connectivity index (χ0n) is 15.6. The fourth-order valence-corrected chi connectivity index (χ4v) is 3.01. The molecule has 0 bridgehead atoms. The lowest BCUT2D eigenvalue weighted by Gasteiger charge is -2.27.